The van der Waals surface area contributed by atoms with Crippen molar-refractivity contribution >= 4 is 17.2 Å². The molecule has 1 N–H and O–H groups in total. The van der Waals surface area contributed by atoms with E-state index in [0.717, 1.165) is 29.5 Å². The van der Waals surface area contributed by atoms with E-state index >= 15 is 0 Å². The summed E-state index contributed by atoms with van der Waals surface area (Å²) in [6.45, 7) is 8.88. The lowest BCUT2D eigenvalue weighted by atomic mass is 10.1. The molecule has 0 aliphatic carbocycles. The Bertz CT molecular complexity index is 738. The van der Waals surface area contributed by atoms with Crippen LogP contribution in [-0.2, 0) is 17.8 Å². The van der Waals surface area contributed by atoms with Crippen LogP contribution < -0.4 is 10.1 Å². The average Bonchev–Trinajstić information content (AvgIpc) is 3.14. The molecule has 1 aliphatic heterocycles. The van der Waals surface area contributed by atoms with Gasteiger partial charge in [0.1, 0.15) is 17.4 Å². The lowest BCUT2D eigenvalue weighted by Gasteiger charge is -2.29. The molecule has 152 valence electrons. The number of amides is 1. The van der Waals surface area contributed by atoms with Crippen molar-refractivity contribution in [3.63, 3.8) is 0 Å². The van der Waals surface area contributed by atoms with Gasteiger partial charge in [-0.05, 0) is 50.9 Å². The maximum absolute atomic E-state index is 12.2. The molecular weight excluding hydrogens is 370 g/mol. The molecular formula is C22H31N3O2S. The van der Waals surface area contributed by atoms with Crippen LogP contribution in [-0.4, -0.2) is 42.0 Å². The summed E-state index contributed by atoms with van der Waals surface area (Å²) >= 11 is 1.54. The minimum atomic E-state index is 0.0433. The number of aryl methyl sites for hydroxylation is 1. The van der Waals surface area contributed by atoms with E-state index < -0.39 is 0 Å². The highest BCUT2D eigenvalue weighted by atomic mass is 32.1. The number of hydrogen-bond acceptors (Lipinski definition) is 5. The van der Waals surface area contributed by atoms with Gasteiger partial charge in [-0.1, -0.05) is 31.0 Å². The number of carbonyl (C=O) groups excluding carboxylic acids is 1. The summed E-state index contributed by atoms with van der Waals surface area (Å²) in [7, 11) is 0. The molecule has 1 saturated heterocycles. The summed E-state index contributed by atoms with van der Waals surface area (Å²) < 4.78 is 5.76. The van der Waals surface area contributed by atoms with Gasteiger partial charge in [-0.3, -0.25) is 4.79 Å². The van der Waals surface area contributed by atoms with Crippen molar-refractivity contribution in [2.24, 2.45) is 5.92 Å². The minimum absolute atomic E-state index is 0.0433. The van der Waals surface area contributed by atoms with Gasteiger partial charge in [-0.15, -0.1) is 11.3 Å². The van der Waals surface area contributed by atoms with Gasteiger partial charge in [0, 0.05) is 18.5 Å². The maximum atomic E-state index is 12.2. The molecule has 28 heavy (non-hydrogen) atoms. The molecule has 1 amide bonds. The number of likely N-dealkylation sites (tertiary alicyclic amines) is 1. The SMILES string of the molecule is Cc1ccc(OCc2nc(CC(=O)NCC(C)CN3CCCCC3)cs2)cc1. The molecule has 2 heterocycles. The molecule has 1 atom stereocenters. The van der Waals surface area contributed by atoms with Crippen LogP contribution in [0.1, 0.15) is 42.5 Å². The number of hydrogen-bond donors (Lipinski definition) is 1. The van der Waals surface area contributed by atoms with Gasteiger partial charge >= 0.3 is 0 Å². The van der Waals surface area contributed by atoms with Crippen LogP contribution in [0.15, 0.2) is 29.6 Å². The third-order valence-electron chi connectivity index (χ3n) is 4.99. The molecule has 1 aromatic heterocycles. The molecule has 1 aromatic carbocycles. The molecule has 3 rings (SSSR count). The Morgan fingerprint density at radius 3 is 2.75 bits per heavy atom. The average molecular weight is 402 g/mol. The van der Waals surface area contributed by atoms with Crippen LogP contribution in [0.4, 0.5) is 0 Å². The van der Waals surface area contributed by atoms with E-state index in [9.17, 15) is 4.79 Å². The normalized spacial score (nSPS) is 15.9. The van der Waals surface area contributed by atoms with E-state index in [0.29, 0.717) is 18.9 Å². The lowest BCUT2D eigenvalue weighted by Crippen LogP contribution is -2.38. The largest absolute Gasteiger partial charge is 0.486 e. The van der Waals surface area contributed by atoms with Crippen molar-refractivity contribution in [1.82, 2.24) is 15.2 Å². The zero-order chi connectivity index (χ0) is 19.8. The molecule has 0 radical (unpaired) electrons. The summed E-state index contributed by atoms with van der Waals surface area (Å²) in [5.41, 5.74) is 2.02. The van der Waals surface area contributed by atoms with Crippen molar-refractivity contribution in [3.05, 3.63) is 45.9 Å². The molecule has 0 saturated carbocycles. The fraction of sp³-hybridized carbons (Fsp3) is 0.545. The monoisotopic (exact) mass is 401 g/mol. The summed E-state index contributed by atoms with van der Waals surface area (Å²) in [5, 5.41) is 5.90. The third-order valence-corrected chi connectivity index (χ3v) is 5.86. The van der Waals surface area contributed by atoms with Gasteiger partial charge in [0.25, 0.3) is 0 Å². The standard InChI is InChI=1S/C22H31N3O2S/c1-17-6-8-20(9-7-17)27-15-22-24-19(16-28-22)12-21(26)23-13-18(2)14-25-10-4-3-5-11-25/h6-9,16,18H,3-5,10-15H2,1-2H3,(H,23,26). The lowest BCUT2D eigenvalue weighted by molar-refractivity contribution is -0.120. The predicted molar refractivity (Wildman–Crippen MR) is 114 cm³/mol. The number of nitrogens with one attached hydrogen (secondary N) is 1. The van der Waals surface area contributed by atoms with Crippen molar-refractivity contribution in [2.75, 3.05) is 26.2 Å². The van der Waals surface area contributed by atoms with Crippen molar-refractivity contribution in [2.45, 2.75) is 46.1 Å². The smallest absolute Gasteiger partial charge is 0.226 e. The van der Waals surface area contributed by atoms with E-state index in [4.69, 9.17) is 4.74 Å². The Labute approximate surface area is 172 Å². The first kappa shape index (κ1) is 20.8. The van der Waals surface area contributed by atoms with Gasteiger partial charge in [0.2, 0.25) is 5.91 Å². The van der Waals surface area contributed by atoms with Crippen molar-refractivity contribution in [3.8, 4) is 5.75 Å². The third kappa shape index (κ3) is 6.91. The van der Waals surface area contributed by atoms with Crippen LogP contribution in [0, 0.1) is 12.8 Å². The second-order valence-corrected chi connectivity index (χ2v) is 8.72. The predicted octanol–water partition coefficient (Wildman–Crippen LogP) is 3.81. The molecule has 5 nitrogen and oxygen atoms in total. The number of piperidine rings is 1. The summed E-state index contributed by atoms with van der Waals surface area (Å²) in [6, 6.07) is 7.98. The number of ether oxygens (including phenoxy) is 1. The quantitative estimate of drug-likeness (QED) is 0.694. The van der Waals surface area contributed by atoms with Gasteiger partial charge in [0.05, 0.1) is 12.1 Å². The summed E-state index contributed by atoms with van der Waals surface area (Å²) in [5.74, 6) is 1.35. The molecule has 1 unspecified atom stereocenters. The van der Waals surface area contributed by atoms with Crippen molar-refractivity contribution in [1.29, 1.82) is 0 Å². The number of benzene rings is 1. The molecule has 2 aromatic rings. The first-order valence-corrected chi connectivity index (χ1v) is 11.1. The van der Waals surface area contributed by atoms with E-state index in [-0.39, 0.29) is 5.91 Å². The van der Waals surface area contributed by atoms with Gasteiger partial charge in [0.15, 0.2) is 0 Å². The topological polar surface area (TPSA) is 54.5 Å². The van der Waals surface area contributed by atoms with Gasteiger partial charge < -0.3 is 15.0 Å². The highest BCUT2D eigenvalue weighted by Crippen LogP contribution is 2.16. The van der Waals surface area contributed by atoms with E-state index in [1.54, 1.807) is 0 Å². The van der Waals surface area contributed by atoms with Crippen LogP contribution in [0.25, 0.3) is 0 Å². The number of carbonyl (C=O) groups is 1. The Morgan fingerprint density at radius 1 is 1.25 bits per heavy atom. The van der Waals surface area contributed by atoms with Crippen LogP contribution in [0.5, 0.6) is 5.75 Å². The highest BCUT2D eigenvalue weighted by Gasteiger charge is 2.14. The van der Waals surface area contributed by atoms with Crippen molar-refractivity contribution < 1.29 is 9.53 Å². The zero-order valence-electron chi connectivity index (χ0n) is 16.9. The minimum Gasteiger partial charge on any atom is -0.486 e. The summed E-state index contributed by atoms with van der Waals surface area (Å²) in [4.78, 5) is 19.3. The zero-order valence-corrected chi connectivity index (χ0v) is 17.8. The highest BCUT2D eigenvalue weighted by molar-refractivity contribution is 7.09. The number of aromatic nitrogens is 1. The molecule has 6 heteroatoms. The van der Waals surface area contributed by atoms with E-state index in [1.807, 2.05) is 29.6 Å². The second kappa shape index (κ2) is 10.6. The Kier molecular flexibility index (Phi) is 7.86. The van der Waals surface area contributed by atoms with E-state index in [1.165, 1.54) is 49.3 Å². The molecule has 1 fully saturated rings. The van der Waals surface area contributed by atoms with Gasteiger partial charge in [-0.25, -0.2) is 4.98 Å². The fourth-order valence-electron chi connectivity index (χ4n) is 3.44. The first-order valence-electron chi connectivity index (χ1n) is 10.2. The number of thiazole rings is 1. The molecule has 0 spiro atoms. The van der Waals surface area contributed by atoms with E-state index in [2.05, 4.69) is 29.0 Å². The first-order chi connectivity index (χ1) is 13.6. The Balaban J connectivity index is 1.36. The Hall–Kier alpha value is -1.92. The number of nitrogens with zero attached hydrogens (tertiary/aromatic N) is 2. The second-order valence-electron chi connectivity index (χ2n) is 7.78. The fourth-order valence-corrected chi connectivity index (χ4v) is 4.14. The number of rotatable bonds is 9. The summed E-state index contributed by atoms with van der Waals surface area (Å²) in [6.07, 6.45) is 4.29. The van der Waals surface area contributed by atoms with Crippen LogP contribution in [0.2, 0.25) is 0 Å². The molecule has 1 aliphatic rings. The Morgan fingerprint density at radius 2 is 2.00 bits per heavy atom. The molecule has 0 bridgehead atoms. The van der Waals surface area contributed by atoms with Gasteiger partial charge in [-0.2, -0.15) is 0 Å². The maximum Gasteiger partial charge on any atom is 0.226 e. The van der Waals surface area contributed by atoms with Crippen LogP contribution >= 0.6 is 11.3 Å². The van der Waals surface area contributed by atoms with Crippen LogP contribution in [0.3, 0.4) is 0 Å².